The van der Waals surface area contributed by atoms with Gasteiger partial charge >= 0.3 is 5.97 Å². The first kappa shape index (κ1) is 18.2. The Morgan fingerprint density at radius 2 is 1.46 bits per heavy atom. The maximum atomic E-state index is 11.1. The minimum atomic E-state index is -1.14. The maximum absolute atomic E-state index is 11.1. The van der Waals surface area contributed by atoms with E-state index in [1.54, 1.807) is 6.07 Å². The molecule has 0 spiro atoms. The van der Waals surface area contributed by atoms with Crippen LogP contribution in [0.5, 0.6) is 5.75 Å². The van der Waals surface area contributed by atoms with E-state index in [0.29, 0.717) is 0 Å². The topological polar surface area (TPSA) is 57.5 Å². The van der Waals surface area contributed by atoms with Gasteiger partial charge in [-0.25, -0.2) is 4.79 Å². The molecule has 0 bridgehead atoms. The van der Waals surface area contributed by atoms with Crippen LogP contribution < -0.4 is 0 Å². The molecule has 3 rings (SSSR count). The molecule has 0 amide bonds. The second-order valence-electron chi connectivity index (χ2n) is 8.54. The first-order valence-electron chi connectivity index (χ1n) is 8.94. The fourth-order valence-corrected chi connectivity index (χ4v) is 3.84. The van der Waals surface area contributed by atoms with E-state index >= 15 is 0 Å². The molecule has 1 aliphatic carbocycles. The lowest BCUT2D eigenvalue weighted by molar-refractivity contribution is 0.0693. The lowest BCUT2D eigenvalue weighted by Gasteiger charge is -2.42. The summed E-state index contributed by atoms with van der Waals surface area (Å²) in [4.78, 5) is 11.1. The molecule has 0 atom stereocenters. The summed E-state index contributed by atoms with van der Waals surface area (Å²) in [7, 11) is 0. The Kier molecular flexibility index (Phi) is 4.22. The minimum Gasteiger partial charge on any atom is -0.507 e. The Bertz CT molecular complexity index is 904. The van der Waals surface area contributed by atoms with Crippen molar-refractivity contribution in [3.63, 3.8) is 0 Å². The van der Waals surface area contributed by atoms with Crippen molar-refractivity contribution in [1.82, 2.24) is 0 Å². The Labute approximate surface area is 155 Å². The summed E-state index contributed by atoms with van der Waals surface area (Å²) in [6.07, 6.45) is 2.30. The lowest BCUT2D eigenvalue weighted by Crippen LogP contribution is -2.33. The number of rotatable bonds is 3. The van der Waals surface area contributed by atoms with E-state index in [1.165, 1.54) is 23.3 Å². The van der Waals surface area contributed by atoms with Gasteiger partial charge in [0.2, 0.25) is 0 Å². The van der Waals surface area contributed by atoms with Crippen LogP contribution in [-0.4, -0.2) is 16.2 Å². The van der Waals surface area contributed by atoms with Gasteiger partial charge in [-0.05, 0) is 63.6 Å². The van der Waals surface area contributed by atoms with E-state index in [2.05, 4.69) is 52.5 Å². The Hall–Kier alpha value is -2.55. The van der Waals surface area contributed by atoms with E-state index in [4.69, 9.17) is 5.11 Å². The Morgan fingerprint density at radius 1 is 0.923 bits per heavy atom. The van der Waals surface area contributed by atoms with Crippen molar-refractivity contribution >= 4 is 11.5 Å². The quantitative estimate of drug-likeness (QED) is 0.768. The zero-order chi connectivity index (χ0) is 19.3. The van der Waals surface area contributed by atoms with Gasteiger partial charge in [0.25, 0.3) is 0 Å². The summed E-state index contributed by atoms with van der Waals surface area (Å²) in [6, 6.07) is 11.1. The molecule has 0 aromatic heterocycles. The molecule has 2 aromatic rings. The van der Waals surface area contributed by atoms with Crippen LogP contribution in [0.2, 0.25) is 0 Å². The van der Waals surface area contributed by atoms with Crippen LogP contribution >= 0.6 is 0 Å². The van der Waals surface area contributed by atoms with Crippen molar-refractivity contribution in [2.45, 2.75) is 51.4 Å². The number of hydrogen-bond acceptors (Lipinski definition) is 2. The number of phenols is 1. The zero-order valence-corrected chi connectivity index (χ0v) is 15.9. The molecule has 0 fully saturated rings. The third-order valence-electron chi connectivity index (χ3n) is 5.78. The van der Waals surface area contributed by atoms with Crippen molar-refractivity contribution in [3.05, 3.63) is 70.8 Å². The highest BCUT2D eigenvalue weighted by Gasteiger charge is 2.37. The largest absolute Gasteiger partial charge is 0.507 e. The number of aromatic hydroxyl groups is 1. The summed E-state index contributed by atoms with van der Waals surface area (Å²) < 4.78 is 0. The summed E-state index contributed by atoms with van der Waals surface area (Å²) in [5.74, 6) is -1.38. The summed E-state index contributed by atoms with van der Waals surface area (Å²) in [5.41, 5.74) is 5.39. The Morgan fingerprint density at radius 3 is 2.04 bits per heavy atom. The minimum absolute atomic E-state index is 0.102. The van der Waals surface area contributed by atoms with Gasteiger partial charge in [0, 0.05) is 0 Å². The molecule has 26 heavy (non-hydrogen) atoms. The standard InChI is InChI=1S/C23H26O3/c1-14(16-6-8-17(21(25)26)20(24)13-16)15-7-9-18-19(12-15)23(4,5)11-10-22(18,2)3/h6-9,12-13,24H,1,10-11H2,2-5H3,(H,25,26). The smallest absolute Gasteiger partial charge is 0.339 e. The molecular formula is C23H26O3. The second-order valence-corrected chi connectivity index (χ2v) is 8.54. The van der Waals surface area contributed by atoms with Gasteiger partial charge in [-0.1, -0.05) is 58.5 Å². The monoisotopic (exact) mass is 350 g/mol. The van der Waals surface area contributed by atoms with Crippen molar-refractivity contribution < 1.29 is 15.0 Å². The highest BCUT2D eigenvalue weighted by molar-refractivity contribution is 5.92. The summed E-state index contributed by atoms with van der Waals surface area (Å²) >= 11 is 0. The van der Waals surface area contributed by atoms with Crippen molar-refractivity contribution in [2.24, 2.45) is 0 Å². The number of benzene rings is 2. The Balaban J connectivity index is 2.04. The normalized spacial score (nSPS) is 17.4. The fraction of sp³-hybridized carbons (Fsp3) is 0.348. The summed E-state index contributed by atoms with van der Waals surface area (Å²) in [5, 5.41) is 19.0. The number of carboxylic acid groups (broad SMARTS) is 1. The van der Waals surface area contributed by atoms with Crippen LogP contribution in [0.4, 0.5) is 0 Å². The SMILES string of the molecule is C=C(c1ccc(C(=O)O)c(O)c1)c1ccc2c(c1)C(C)(C)CCC2(C)C. The molecule has 2 N–H and O–H groups in total. The van der Waals surface area contributed by atoms with Gasteiger partial charge in [-0.15, -0.1) is 0 Å². The van der Waals surface area contributed by atoms with E-state index in [-0.39, 0.29) is 22.1 Å². The first-order chi connectivity index (χ1) is 12.0. The van der Waals surface area contributed by atoms with E-state index in [9.17, 15) is 9.90 Å². The highest BCUT2D eigenvalue weighted by Crippen LogP contribution is 2.46. The maximum Gasteiger partial charge on any atom is 0.339 e. The highest BCUT2D eigenvalue weighted by atomic mass is 16.4. The number of carboxylic acids is 1. The van der Waals surface area contributed by atoms with Crippen molar-refractivity contribution in [3.8, 4) is 5.75 Å². The van der Waals surface area contributed by atoms with Gasteiger partial charge in [0.15, 0.2) is 0 Å². The van der Waals surface area contributed by atoms with Crippen LogP contribution in [-0.2, 0) is 10.8 Å². The number of aromatic carboxylic acids is 1. The summed E-state index contributed by atoms with van der Waals surface area (Å²) in [6.45, 7) is 13.3. The van der Waals surface area contributed by atoms with Gasteiger partial charge < -0.3 is 10.2 Å². The fourth-order valence-electron chi connectivity index (χ4n) is 3.84. The molecule has 0 unspecified atom stereocenters. The van der Waals surface area contributed by atoms with Gasteiger partial charge in [0.05, 0.1) is 0 Å². The predicted octanol–water partition coefficient (Wildman–Crippen LogP) is 5.50. The molecule has 0 saturated carbocycles. The van der Waals surface area contributed by atoms with Gasteiger partial charge in [-0.3, -0.25) is 0 Å². The van der Waals surface area contributed by atoms with Crippen LogP contribution in [0, 0.1) is 0 Å². The molecule has 0 aliphatic heterocycles. The van der Waals surface area contributed by atoms with Gasteiger partial charge in [-0.2, -0.15) is 0 Å². The van der Waals surface area contributed by atoms with Crippen molar-refractivity contribution in [1.29, 1.82) is 0 Å². The van der Waals surface area contributed by atoms with E-state index < -0.39 is 5.97 Å². The molecule has 0 radical (unpaired) electrons. The van der Waals surface area contributed by atoms with Crippen LogP contribution in [0.15, 0.2) is 43.0 Å². The van der Waals surface area contributed by atoms with Crippen molar-refractivity contribution in [2.75, 3.05) is 0 Å². The molecular weight excluding hydrogens is 324 g/mol. The molecule has 3 heteroatoms. The molecule has 136 valence electrons. The zero-order valence-electron chi connectivity index (χ0n) is 15.9. The molecule has 2 aromatic carbocycles. The van der Waals surface area contributed by atoms with E-state index in [0.717, 1.165) is 29.5 Å². The molecule has 3 nitrogen and oxygen atoms in total. The van der Waals surface area contributed by atoms with E-state index in [1.807, 2.05) is 0 Å². The number of hydrogen-bond donors (Lipinski definition) is 2. The van der Waals surface area contributed by atoms with Crippen LogP contribution in [0.3, 0.4) is 0 Å². The third-order valence-corrected chi connectivity index (χ3v) is 5.78. The molecule has 0 saturated heterocycles. The first-order valence-corrected chi connectivity index (χ1v) is 8.94. The molecule has 1 aliphatic rings. The van der Waals surface area contributed by atoms with Gasteiger partial charge in [0.1, 0.15) is 11.3 Å². The number of fused-ring (bicyclic) bond motifs is 1. The number of carbonyl (C=O) groups is 1. The van der Waals surface area contributed by atoms with Crippen LogP contribution in [0.25, 0.3) is 5.57 Å². The third kappa shape index (κ3) is 3.03. The van der Waals surface area contributed by atoms with Crippen LogP contribution in [0.1, 0.15) is 73.1 Å². The second kappa shape index (κ2) is 6.01. The average Bonchev–Trinajstić information content (AvgIpc) is 2.57. The lowest BCUT2D eigenvalue weighted by atomic mass is 9.63. The average molecular weight is 350 g/mol. The molecule has 0 heterocycles. The predicted molar refractivity (Wildman–Crippen MR) is 105 cm³/mol.